The zero-order valence-corrected chi connectivity index (χ0v) is 15.7. The van der Waals surface area contributed by atoms with E-state index in [1.165, 1.54) is 30.3 Å². The average Bonchev–Trinajstić information content (AvgIpc) is 2.64. The van der Waals surface area contributed by atoms with Crippen molar-refractivity contribution in [3.8, 4) is 5.75 Å². The van der Waals surface area contributed by atoms with Crippen molar-refractivity contribution in [2.24, 2.45) is 5.92 Å². The minimum absolute atomic E-state index is 0.130. The molecule has 1 atom stereocenters. The molecule has 0 aliphatic carbocycles. The first-order valence-electron chi connectivity index (χ1n) is 8.74. The summed E-state index contributed by atoms with van der Waals surface area (Å²) in [6.07, 6.45) is -4.86. The molecule has 9 heteroatoms. The Morgan fingerprint density at radius 3 is 2.24 bits per heavy atom. The molecule has 0 aliphatic rings. The van der Waals surface area contributed by atoms with Crippen LogP contribution in [0.4, 0.5) is 17.6 Å². The van der Waals surface area contributed by atoms with Crippen molar-refractivity contribution in [2.75, 3.05) is 0 Å². The average molecular weight is 412 g/mol. The lowest BCUT2D eigenvalue weighted by molar-refractivity contribution is -0.274. The Balaban J connectivity index is 2.05. The van der Waals surface area contributed by atoms with Crippen LogP contribution in [0.3, 0.4) is 0 Å². The van der Waals surface area contributed by atoms with Crippen molar-refractivity contribution >= 4 is 11.8 Å². The number of carbonyl (C=O) groups is 2. The molecule has 1 unspecified atom stereocenters. The maximum atomic E-state index is 13.0. The van der Waals surface area contributed by atoms with E-state index in [0.717, 1.165) is 18.2 Å². The van der Waals surface area contributed by atoms with Gasteiger partial charge >= 0.3 is 6.36 Å². The molecule has 0 bridgehead atoms. The number of rotatable bonds is 7. The Bertz CT molecular complexity index is 852. The van der Waals surface area contributed by atoms with Gasteiger partial charge in [0.25, 0.3) is 5.91 Å². The fraction of sp³-hybridized carbons (Fsp3) is 0.300. The maximum absolute atomic E-state index is 13.0. The molecule has 5 nitrogen and oxygen atoms in total. The number of benzene rings is 2. The van der Waals surface area contributed by atoms with Gasteiger partial charge in [0, 0.05) is 17.7 Å². The van der Waals surface area contributed by atoms with Crippen molar-refractivity contribution in [1.29, 1.82) is 0 Å². The van der Waals surface area contributed by atoms with Crippen LogP contribution in [0, 0.1) is 11.7 Å². The Morgan fingerprint density at radius 2 is 1.66 bits per heavy atom. The molecule has 0 spiro atoms. The van der Waals surface area contributed by atoms with Crippen LogP contribution in [-0.4, -0.2) is 24.2 Å². The molecule has 0 saturated carbocycles. The summed E-state index contributed by atoms with van der Waals surface area (Å²) in [6.45, 7) is 3.19. The summed E-state index contributed by atoms with van der Waals surface area (Å²) in [5.74, 6) is -2.37. The van der Waals surface area contributed by atoms with E-state index in [-0.39, 0.29) is 23.6 Å². The van der Waals surface area contributed by atoms with Crippen molar-refractivity contribution in [3.63, 3.8) is 0 Å². The largest absolute Gasteiger partial charge is 0.573 e. The zero-order chi connectivity index (χ0) is 21.6. The normalized spacial score (nSPS) is 12.4. The molecular formula is C20H20F4N2O3. The third-order valence-electron chi connectivity index (χ3n) is 3.99. The fourth-order valence-corrected chi connectivity index (χ4v) is 2.53. The summed E-state index contributed by atoms with van der Waals surface area (Å²) >= 11 is 0. The first-order valence-corrected chi connectivity index (χ1v) is 8.74. The predicted octanol–water partition coefficient (Wildman–Crippen LogP) is 3.80. The van der Waals surface area contributed by atoms with Gasteiger partial charge in [0.2, 0.25) is 5.91 Å². The van der Waals surface area contributed by atoms with Crippen LogP contribution in [0.5, 0.6) is 5.75 Å². The quantitative estimate of drug-likeness (QED) is 0.680. The number of halogens is 4. The van der Waals surface area contributed by atoms with E-state index in [4.69, 9.17) is 0 Å². The first kappa shape index (κ1) is 22.2. The number of ether oxygens (including phenoxy) is 1. The Hall–Kier alpha value is -3.10. The molecule has 2 aromatic carbocycles. The molecule has 2 N–H and O–H groups in total. The molecule has 29 heavy (non-hydrogen) atoms. The van der Waals surface area contributed by atoms with Crippen molar-refractivity contribution < 1.29 is 31.9 Å². The summed E-state index contributed by atoms with van der Waals surface area (Å²) in [4.78, 5) is 24.8. The van der Waals surface area contributed by atoms with E-state index >= 15 is 0 Å². The lowest BCUT2D eigenvalue weighted by Gasteiger charge is -2.22. The molecule has 2 aromatic rings. The van der Waals surface area contributed by atoms with Crippen LogP contribution < -0.4 is 15.4 Å². The van der Waals surface area contributed by atoms with Gasteiger partial charge in [0.15, 0.2) is 0 Å². The number of alkyl halides is 3. The van der Waals surface area contributed by atoms with E-state index in [2.05, 4.69) is 15.4 Å². The Labute approximate surface area is 165 Å². The van der Waals surface area contributed by atoms with E-state index in [0.29, 0.717) is 0 Å². The Kier molecular flexibility index (Phi) is 7.19. The van der Waals surface area contributed by atoms with Gasteiger partial charge in [-0.3, -0.25) is 9.59 Å². The first-order chi connectivity index (χ1) is 13.6. The SMILES string of the molecule is CC(C)C(NC(=O)c1ccc(F)cc1)C(=O)NCc1ccccc1OC(F)(F)F. The van der Waals surface area contributed by atoms with E-state index < -0.39 is 35.8 Å². The highest BCUT2D eigenvalue weighted by molar-refractivity contribution is 5.97. The number of para-hydroxylation sites is 1. The molecule has 0 aliphatic heterocycles. The zero-order valence-electron chi connectivity index (χ0n) is 15.7. The number of carbonyl (C=O) groups excluding carboxylic acids is 2. The van der Waals surface area contributed by atoms with Gasteiger partial charge in [-0.25, -0.2) is 4.39 Å². The van der Waals surface area contributed by atoms with Crippen molar-refractivity contribution in [2.45, 2.75) is 32.8 Å². The van der Waals surface area contributed by atoms with Gasteiger partial charge in [0.1, 0.15) is 17.6 Å². The lowest BCUT2D eigenvalue weighted by atomic mass is 10.0. The predicted molar refractivity (Wildman–Crippen MR) is 97.5 cm³/mol. The standard InChI is InChI=1S/C20H20F4N2O3/c1-12(2)17(26-18(27)13-7-9-15(21)10-8-13)19(28)25-11-14-5-3-4-6-16(14)29-20(22,23)24/h3-10,12,17H,11H2,1-2H3,(H,25,28)(H,26,27). The maximum Gasteiger partial charge on any atom is 0.573 e. The second-order valence-electron chi connectivity index (χ2n) is 6.58. The summed E-state index contributed by atoms with van der Waals surface area (Å²) in [7, 11) is 0. The van der Waals surface area contributed by atoms with E-state index in [9.17, 15) is 27.2 Å². The molecule has 0 fully saturated rings. The highest BCUT2D eigenvalue weighted by Gasteiger charge is 2.32. The van der Waals surface area contributed by atoms with Crippen LogP contribution in [0.1, 0.15) is 29.8 Å². The fourth-order valence-electron chi connectivity index (χ4n) is 2.53. The van der Waals surface area contributed by atoms with Crippen LogP contribution in [0.2, 0.25) is 0 Å². The molecule has 0 radical (unpaired) electrons. The molecule has 2 rings (SSSR count). The lowest BCUT2D eigenvalue weighted by Crippen LogP contribution is -2.49. The number of hydrogen-bond acceptors (Lipinski definition) is 3. The Morgan fingerprint density at radius 1 is 1.03 bits per heavy atom. The molecule has 156 valence electrons. The monoisotopic (exact) mass is 412 g/mol. The summed E-state index contributed by atoms with van der Waals surface area (Å²) in [6, 6.07) is 9.30. The number of amides is 2. The van der Waals surface area contributed by atoms with Gasteiger partial charge in [-0.05, 0) is 36.2 Å². The van der Waals surface area contributed by atoms with Crippen LogP contribution in [-0.2, 0) is 11.3 Å². The second-order valence-corrected chi connectivity index (χ2v) is 6.58. The highest BCUT2D eigenvalue weighted by atomic mass is 19.4. The molecule has 0 saturated heterocycles. The van der Waals surface area contributed by atoms with Gasteiger partial charge < -0.3 is 15.4 Å². The van der Waals surface area contributed by atoms with Gasteiger partial charge in [-0.1, -0.05) is 32.0 Å². The summed E-state index contributed by atoms with van der Waals surface area (Å²) < 4.78 is 54.5. The minimum Gasteiger partial charge on any atom is -0.405 e. The summed E-state index contributed by atoms with van der Waals surface area (Å²) in [5, 5.41) is 5.07. The summed E-state index contributed by atoms with van der Waals surface area (Å²) in [5.41, 5.74) is 0.305. The minimum atomic E-state index is -4.86. The van der Waals surface area contributed by atoms with E-state index in [1.54, 1.807) is 13.8 Å². The third kappa shape index (κ3) is 6.78. The van der Waals surface area contributed by atoms with Gasteiger partial charge in [-0.2, -0.15) is 0 Å². The second kappa shape index (κ2) is 9.40. The number of hydrogen-bond donors (Lipinski definition) is 2. The van der Waals surface area contributed by atoms with Gasteiger partial charge in [-0.15, -0.1) is 13.2 Å². The molecule has 0 aromatic heterocycles. The van der Waals surface area contributed by atoms with E-state index in [1.807, 2.05) is 0 Å². The topological polar surface area (TPSA) is 67.4 Å². The molecule has 0 heterocycles. The van der Waals surface area contributed by atoms with Crippen molar-refractivity contribution in [3.05, 3.63) is 65.5 Å². The van der Waals surface area contributed by atoms with Crippen molar-refractivity contribution in [1.82, 2.24) is 10.6 Å². The smallest absolute Gasteiger partial charge is 0.405 e. The molecule has 2 amide bonds. The van der Waals surface area contributed by atoms with Crippen LogP contribution >= 0.6 is 0 Å². The molecular weight excluding hydrogens is 392 g/mol. The third-order valence-corrected chi connectivity index (χ3v) is 3.99. The number of nitrogens with one attached hydrogen (secondary N) is 2. The van der Waals surface area contributed by atoms with Crippen LogP contribution in [0.25, 0.3) is 0 Å². The van der Waals surface area contributed by atoms with Gasteiger partial charge in [0.05, 0.1) is 0 Å². The van der Waals surface area contributed by atoms with Crippen LogP contribution in [0.15, 0.2) is 48.5 Å². The highest BCUT2D eigenvalue weighted by Crippen LogP contribution is 2.26.